The Morgan fingerprint density at radius 2 is 2.17 bits per heavy atom. The van der Waals surface area contributed by atoms with Gasteiger partial charge in [0.1, 0.15) is 5.82 Å². The first-order valence-corrected chi connectivity index (χ1v) is 8.63. The van der Waals surface area contributed by atoms with Gasteiger partial charge in [-0.25, -0.2) is 13.8 Å². The van der Waals surface area contributed by atoms with Gasteiger partial charge in [0, 0.05) is 35.8 Å². The topological polar surface area (TPSA) is 45.2 Å². The third kappa shape index (κ3) is 3.96. The van der Waals surface area contributed by atoms with E-state index in [1.54, 1.807) is 11.3 Å². The van der Waals surface area contributed by atoms with Gasteiger partial charge >= 0.3 is 0 Å². The van der Waals surface area contributed by atoms with Crippen LogP contribution in [0.3, 0.4) is 0 Å². The highest BCUT2D eigenvalue weighted by Gasteiger charge is 2.23. The van der Waals surface area contributed by atoms with Crippen molar-refractivity contribution in [2.24, 2.45) is 5.92 Å². The third-order valence-corrected chi connectivity index (χ3v) is 5.08. The SMILES string of the molecule is O=C(CC1CCN(c2nccc3sccc23)CC1)NCC(F)F. The summed E-state index contributed by atoms with van der Waals surface area (Å²) in [6, 6.07) is 4.11. The van der Waals surface area contributed by atoms with Crippen LogP contribution in [0.5, 0.6) is 0 Å². The molecular weight excluding hydrogens is 320 g/mol. The van der Waals surface area contributed by atoms with Crippen molar-refractivity contribution in [3.63, 3.8) is 0 Å². The summed E-state index contributed by atoms with van der Waals surface area (Å²) in [5.41, 5.74) is 0. The summed E-state index contributed by atoms with van der Waals surface area (Å²) in [7, 11) is 0. The lowest BCUT2D eigenvalue weighted by atomic mass is 9.93. The van der Waals surface area contributed by atoms with Gasteiger partial charge in [-0.1, -0.05) is 0 Å². The molecule has 3 rings (SSSR count). The second kappa shape index (κ2) is 7.21. The summed E-state index contributed by atoms with van der Waals surface area (Å²) in [5, 5.41) is 5.52. The number of halogens is 2. The number of anilines is 1. The minimum absolute atomic E-state index is 0.255. The van der Waals surface area contributed by atoms with Crippen LogP contribution in [-0.4, -0.2) is 37.0 Å². The van der Waals surface area contributed by atoms with Crippen LogP contribution >= 0.6 is 11.3 Å². The maximum atomic E-state index is 12.1. The summed E-state index contributed by atoms with van der Waals surface area (Å²) in [6.45, 7) is 1.13. The van der Waals surface area contributed by atoms with Crippen molar-refractivity contribution in [2.45, 2.75) is 25.7 Å². The molecule has 0 aromatic carbocycles. The minimum atomic E-state index is -2.49. The molecule has 2 aromatic rings. The Kier molecular flexibility index (Phi) is 5.05. The molecule has 0 spiro atoms. The van der Waals surface area contributed by atoms with Crippen molar-refractivity contribution in [3.05, 3.63) is 23.7 Å². The molecule has 2 aromatic heterocycles. The number of alkyl halides is 2. The van der Waals surface area contributed by atoms with Gasteiger partial charge in [-0.15, -0.1) is 11.3 Å². The maximum Gasteiger partial charge on any atom is 0.255 e. The normalized spacial score (nSPS) is 16.2. The van der Waals surface area contributed by atoms with Crippen LogP contribution in [0.25, 0.3) is 10.1 Å². The average Bonchev–Trinajstić information content (AvgIpc) is 3.02. The minimum Gasteiger partial charge on any atom is -0.356 e. The highest BCUT2D eigenvalue weighted by Crippen LogP contribution is 2.31. The average molecular weight is 339 g/mol. The molecule has 1 saturated heterocycles. The number of hydrogen-bond donors (Lipinski definition) is 1. The fourth-order valence-electron chi connectivity index (χ4n) is 3.01. The van der Waals surface area contributed by atoms with Crippen molar-refractivity contribution in [3.8, 4) is 0 Å². The molecule has 0 bridgehead atoms. The number of carbonyl (C=O) groups is 1. The highest BCUT2D eigenvalue weighted by molar-refractivity contribution is 7.17. The van der Waals surface area contributed by atoms with Gasteiger partial charge in [0.15, 0.2) is 0 Å². The number of pyridine rings is 1. The van der Waals surface area contributed by atoms with E-state index in [4.69, 9.17) is 0 Å². The Hall–Kier alpha value is -1.76. The summed E-state index contributed by atoms with van der Waals surface area (Å²) >= 11 is 1.70. The molecule has 0 unspecified atom stereocenters. The number of amides is 1. The van der Waals surface area contributed by atoms with Crippen molar-refractivity contribution in [1.82, 2.24) is 10.3 Å². The standard InChI is InChI=1S/C16H19F2N3OS/c17-14(18)10-20-15(22)9-11-2-6-21(7-3-11)16-12-4-8-23-13(12)1-5-19-16/h1,4-5,8,11,14H,2-3,6-7,9-10H2,(H,20,22). The maximum absolute atomic E-state index is 12.1. The zero-order valence-electron chi connectivity index (χ0n) is 12.7. The van der Waals surface area contributed by atoms with E-state index in [1.807, 2.05) is 12.3 Å². The molecule has 1 fully saturated rings. The van der Waals surface area contributed by atoms with E-state index in [-0.39, 0.29) is 11.8 Å². The van der Waals surface area contributed by atoms with Crippen LogP contribution in [-0.2, 0) is 4.79 Å². The second-order valence-electron chi connectivity index (χ2n) is 5.80. The number of fused-ring (bicyclic) bond motifs is 1. The van der Waals surface area contributed by atoms with Gasteiger partial charge in [-0.05, 0) is 36.3 Å². The molecule has 1 aliphatic rings. The van der Waals surface area contributed by atoms with Gasteiger partial charge in [0.05, 0.1) is 6.54 Å². The van der Waals surface area contributed by atoms with Crippen LogP contribution in [0.4, 0.5) is 14.6 Å². The third-order valence-electron chi connectivity index (χ3n) is 4.20. The van der Waals surface area contributed by atoms with E-state index in [0.29, 0.717) is 6.42 Å². The quantitative estimate of drug-likeness (QED) is 0.909. The molecule has 3 heterocycles. The second-order valence-corrected chi connectivity index (χ2v) is 6.74. The van der Waals surface area contributed by atoms with Crippen molar-refractivity contribution in [2.75, 3.05) is 24.5 Å². The smallest absolute Gasteiger partial charge is 0.255 e. The molecule has 1 amide bonds. The van der Waals surface area contributed by atoms with Crippen molar-refractivity contribution >= 4 is 33.1 Å². The number of piperidine rings is 1. The molecule has 23 heavy (non-hydrogen) atoms. The Morgan fingerprint density at radius 3 is 2.91 bits per heavy atom. The molecule has 1 aliphatic heterocycles. The van der Waals surface area contributed by atoms with Crippen LogP contribution in [0.1, 0.15) is 19.3 Å². The van der Waals surface area contributed by atoms with Gasteiger partial charge in [-0.2, -0.15) is 0 Å². The summed E-state index contributed by atoms with van der Waals surface area (Å²) in [5.74, 6) is 0.983. The zero-order valence-corrected chi connectivity index (χ0v) is 13.5. The van der Waals surface area contributed by atoms with E-state index in [0.717, 1.165) is 31.7 Å². The summed E-state index contributed by atoms with van der Waals surface area (Å²) < 4.78 is 25.4. The Labute approximate surface area is 137 Å². The molecule has 0 atom stereocenters. The zero-order chi connectivity index (χ0) is 16.2. The molecule has 0 saturated carbocycles. The first-order chi connectivity index (χ1) is 11.1. The lowest BCUT2D eigenvalue weighted by Crippen LogP contribution is -2.37. The van der Waals surface area contributed by atoms with E-state index in [9.17, 15) is 13.6 Å². The van der Waals surface area contributed by atoms with Crippen molar-refractivity contribution in [1.29, 1.82) is 0 Å². The number of thiophene rings is 1. The predicted molar refractivity (Wildman–Crippen MR) is 88.2 cm³/mol. The summed E-state index contributed by atoms with van der Waals surface area (Å²) in [6.07, 6.45) is 1.43. The molecule has 4 nitrogen and oxygen atoms in total. The Balaban J connectivity index is 1.54. The number of aromatic nitrogens is 1. The van der Waals surface area contributed by atoms with E-state index in [1.165, 1.54) is 10.1 Å². The van der Waals surface area contributed by atoms with E-state index < -0.39 is 13.0 Å². The highest BCUT2D eigenvalue weighted by atomic mass is 32.1. The number of carbonyl (C=O) groups excluding carboxylic acids is 1. The number of nitrogens with zero attached hydrogens (tertiary/aromatic N) is 2. The Morgan fingerprint density at radius 1 is 1.39 bits per heavy atom. The first-order valence-electron chi connectivity index (χ1n) is 7.75. The molecule has 0 aliphatic carbocycles. The van der Waals surface area contributed by atoms with E-state index >= 15 is 0 Å². The Bertz CT molecular complexity index is 668. The summed E-state index contributed by atoms with van der Waals surface area (Å²) in [4.78, 5) is 18.4. The molecule has 124 valence electrons. The first kappa shape index (κ1) is 16.1. The largest absolute Gasteiger partial charge is 0.356 e. The molecular formula is C16H19F2N3OS. The van der Waals surface area contributed by atoms with Gasteiger partial charge in [0.2, 0.25) is 5.91 Å². The molecule has 7 heteroatoms. The van der Waals surface area contributed by atoms with E-state index in [2.05, 4.69) is 26.6 Å². The van der Waals surface area contributed by atoms with Gasteiger partial charge < -0.3 is 10.2 Å². The fourth-order valence-corrected chi connectivity index (χ4v) is 3.78. The van der Waals surface area contributed by atoms with Gasteiger partial charge in [-0.3, -0.25) is 4.79 Å². The predicted octanol–water partition coefficient (Wildman–Crippen LogP) is 3.28. The number of hydrogen-bond acceptors (Lipinski definition) is 4. The fraction of sp³-hybridized carbons (Fsp3) is 0.500. The van der Waals surface area contributed by atoms with Gasteiger partial charge in [0.25, 0.3) is 6.43 Å². The molecule has 0 radical (unpaired) electrons. The lowest BCUT2D eigenvalue weighted by molar-refractivity contribution is -0.122. The van der Waals surface area contributed by atoms with Crippen molar-refractivity contribution < 1.29 is 13.6 Å². The number of rotatable bonds is 5. The van der Waals surface area contributed by atoms with Crippen LogP contribution in [0, 0.1) is 5.92 Å². The van der Waals surface area contributed by atoms with Crippen LogP contribution < -0.4 is 10.2 Å². The molecule has 1 N–H and O–H groups in total. The lowest BCUT2D eigenvalue weighted by Gasteiger charge is -2.33. The number of nitrogens with one attached hydrogen (secondary N) is 1. The monoisotopic (exact) mass is 339 g/mol. The van der Waals surface area contributed by atoms with Crippen LogP contribution in [0.2, 0.25) is 0 Å². The van der Waals surface area contributed by atoms with Crippen LogP contribution in [0.15, 0.2) is 23.7 Å².